The second-order valence-electron chi connectivity index (χ2n) is 6.31. The number of benzene rings is 2. The lowest BCUT2D eigenvalue weighted by atomic mass is 10.0. The number of fused-ring (bicyclic) bond motifs is 1. The maximum atomic E-state index is 13.4. The van der Waals surface area contributed by atoms with Crippen LogP contribution < -0.4 is 14.6 Å². The van der Waals surface area contributed by atoms with Crippen LogP contribution in [0.5, 0.6) is 11.5 Å². The minimum atomic E-state index is -4.74. The molecule has 1 aromatic heterocycles. The first-order chi connectivity index (χ1) is 13.6. The third-order valence-corrected chi connectivity index (χ3v) is 5.42. The number of rotatable bonds is 3. The molecule has 29 heavy (non-hydrogen) atoms. The summed E-state index contributed by atoms with van der Waals surface area (Å²) >= 11 is 0. The number of halogens is 3. The minimum Gasteiger partial charge on any atom is -0.454 e. The summed E-state index contributed by atoms with van der Waals surface area (Å²) in [6, 6.07) is 9.42. The predicted octanol–water partition coefficient (Wildman–Crippen LogP) is 3.24. The molecule has 4 rings (SSSR count). The quantitative estimate of drug-likeness (QED) is 0.695. The number of aromatic nitrogens is 2. The molecule has 2 N–H and O–H groups in total. The Bertz CT molecular complexity index is 1220. The fraction of sp³-hybridized carbons (Fsp3) is 0.167. The van der Waals surface area contributed by atoms with Crippen molar-refractivity contribution in [1.82, 2.24) is 9.78 Å². The number of primary sulfonamides is 1. The van der Waals surface area contributed by atoms with Gasteiger partial charge in [0.1, 0.15) is 4.90 Å². The van der Waals surface area contributed by atoms with Crippen molar-refractivity contribution in [2.75, 3.05) is 6.79 Å². The molecule has 0 fully saturated rings. The molecule has 1 aliphatic rings. The molecule has 152 valence electrons. The van der Waals surface area contributed by atoms with E-state index in [0.29, 0.717) is 22.6 Å². The topological polar surface area (TPSA) is 96.4 Å². The normalized spacial score (nSPS) is 13.7. The number of sulfonamides is 1. The number of nitrogens with two attached hydrogens (primary N) is 1. The first kappa shape index (κ1) is 19.3. The molecule has 11 heteroatoms. The van der Waals surface area contributed by atoms with E-state index in [9.17, 15) is 21.6 Å². The maximum absolute atomic E-state index is 13.4. The van der Waals surface area contributed by atoms with E-state index in [1.807, 2.05) is 0 Å². The number of hydrogen-bond donors (Lipinski definition) is 1. The van der Waals surface area contributed by atoms with Crippen LogP contribution in [0.2, 0.25) is 0 Å². The molecule has 3 aromatic rings. The van der Waals surface area contributed by atoms with E-state index in [1.54, 1.807) is 19.1 Å². The van der Waals surface area contributed by atoms with Gasteiger partial charge in [0, 0.05) is 11.1 Å². The molecular weight excluding hydrogens is 411 g/mol. The zero-order valence-corrected chi connectivity index (χ0v) is 15.7. The predicted molar refractivity (Wildman–Crippen MR) is 96.2 cm³/mol. The smallest absolute Gasteiger partial charge is 0.435 e. The monoisotopic (exact) mass is 425 g/mol. The second-order valence-corrected chi connectivity index (χ2v) is 7.84. The highest BCUT2D eigenvalue weighted by atomic mass is 32.2. The molecule has 2 heterocycles. The van der Waals surface area contributed by atoms with Crippen LogP contribution in [0.15, 0.2) is 47.4 Å². The van der Waals surface area contributed by atoms with E-state index in [4.69, 9.17) is 14.6 Å². The molecule has 0 unspecified atom stereocenters. The average Bonchev–Trinajstić information content (AvgIpc) is 3.28. The first-order valence-corrected chi connectivity index (χ1v) is 9.81. The van der Waals surface area contributed by atoms with Gasteiger partial charge in [-0.2, -0.15) is 18.3 Å². The van der Waals surface area contributed by atoms with Crippen molar-refractivity contribution in [1.29, 1.82) is 0 Å². The number of nitrogens with zero attached hydrogens (tertiary/aromatic N) is 2. The van der Waals surface area contributed by atoms with Crippen molar-refractivity contribution in [2.45, 2.75) is 18.0 Å². The lowest BCUT2D eigenvalue weighted by Crippen LogP contribution is -2.16. The van der Waals surface area contributed by atoms with Crippen molar-refractivity contribution in [3.05, 3.63) is 53.7 Å². The zero-order valence-electron chi connectivity index (χ0n) is 14.9. The maximum Gasteiger partial charge on any atom is 0.435 e. The van der Waals surface area contributed by atoms with Crippen LogP contribution in [0.1, 0.15) is 11.3 Å². The van der Waals surface area contributed by atoms with E-state index in [2.05, 4.69) is 5.10 Å². The third-order valence-electron chi connectivity index (χ3n) is 4.46. The molecule has 2 aromatic carbocycles. The molecule has 0 saturated heterocycles. The Hall–Kier alpha value is -3.05. The standard InChI is InChI=1S/C18H14F3N3O4S/c1-10-11(6-7-14-17(10)28-9-27-14)13-8-16(18(19,20)21)23-24(13)12-4-2-3-5-15(12)29(22,25)26/h2-8H,9H2,1H3,(H2,22,25,26). The average molecular weight is 425 g/mol. The Morgan fingerprint density at radius 3 is 2.55 bits per heavy atom. The number of ether oxygens (including phenoxy) is 2. The molecule has 0 amide bonds. The summed E-state index contributed by atoms with van der Waals surface area (Å²) in [5.74, 6) is 0.877. The first-order valence-electron chi connectivity index (χ1n) is 8.26. The highest BCUT2D eigenvalue weighted by Gasteiger charge is 2.36. The highest BCUT2D eigenvalue weighted by Crippen LogP contribution is 2.42. The van der Waals surface area contributed by atoms with Crippen molar-refractivity contribution in [2.24, 2.45) is 5.14 Å². The van der Waals surface area contributed by atoms with Crippen LogP contribution in [0.25, 0.3) is 16.9 Å². The molecule has 0 atom stereocenters. The lowest BCUT2D eigenvalue weighted by Gasteiger charge is -2.13. The van der Waals surface area contributed by atoms with Gasteiger partial charge in [-0.1, -0.05) is 12.1 Å². The third kappa shape index (κ3) is 3.32. The van der Waals surface area contributed by atoms with Crippen LogP contribution in [0.3, 0.4) is 0 Å². The minimum absolute atomic E-state index is 0.000933. The Morgan fingerprint density at radius 2 is 1.86 bits per heavy atom. The van der Waals surface area contributed by atoms with E-state index in [0.717, 1.165) is 10.7 Å². The van der Waals surface area contributed by atoms with Gasteiger partial charge in [0.25, 0.3) is 0 Å². The van der Waals surface area contributed by atoms with Gasteiger partial charge in [0.2, 0.25) is 16.8 Å². The number of hydrogen-bond acceptors (Lipinski definition) is 5. The van der Waals surface area contributed by atoms with Gasteiger partial charge >= 0.3 is 6.18 Å². The highest BCUT2D eigenvalue weighted by molar-refractivity contribution is 7.89. The van der Waals surface area contributed by atoms with Gasteiger partial charge in [0.15, 0.2) is 17.2 Å². The molecule has 0 radical (unpaired) electrons. The van der Waals surface area contributed by atoms with Gasteiger partial charge in [-0.3, -0.25) is 0 Å². The van der Waals surface area contributed by atoms with Crippen molar-refractivity contribution in [3.8, 4) is 28.4 Å². The fourth-order valence-corrected chi connectivity index (χ4v) is 3.87. The Labute approximate surface area is 163 Å². The molecule has 1 aliphatic heterocycles. The van der Waals surface area contributed by atoms with E-state index < -0.39 is 21.9 Å². The summed E-state index contributed by atoms with van der Waals surface area (Å²) in [4.78, 5) is -0.350. The summed E-state index contributed by atoms with van der Waals surface area (Å²) in [7, 11) is -4.21. The Morgan fingerprint density at radius 1 is 1.14 bits per heavy atom. The largest absolute Gasteiger partial charge is 0.454 e. The molecular formula is C18H14F3N3O4S. The van der Waals surface area contributed by atoms with E-state index in [-0.39, 0.29) is 23.1 Å². The molecule has 0 aliphatic carbocycles. The van der Waals surface area contributed by atoms with Crippen LogP contribution >= 0.6 is 0 Å². The van der Waals surface area contributed by atoms with Crippen LogP contribution in [-0.4, -0.2) is 25.0 Å². The SMILES string of the molecule is Cc1c(-c2cc(C(F)(F)F)nn2-c2ccccc2S(N)(=O)=O)ccc2c1OCO2. The summed E-state index contributed by atoms with van der Waals surface area (Å²) < 4.78 is 75.8. The van der Waals surface area contributed by atoms with Gasteiger partial charge < -0.3 is 9.47 Å². The molecule has 7 nitrogen and oxygen atoms in total. The van der Waals surface area contributed by atoms with Crippen LogP contribution in [-0.2, 0) is 16.2 Å². The van der Waals surface area contributed by atoms with Crippen LogP contribution in [0, 0.1) is 6.92 Å². The molecule has 0 saturated carbocycles. The summed E-state index contributed by atoms with van der Waals surface area (Å²) in [6.07, 6.45) is -4.74. The molecule has 0 spiro atoms. The van der Waals surface area contributed by atoms with E-state index in [1.165, 1.54) is 24.3 Å². The van der Waals surface area contributed by atoms with Crippen molar-refractivity contribution in [3.63, 3.8) is 0 Å². The van der Waals surface area contributed by atoms with Crippen LogP contribution in [0.4, 0.5) is 13.2 Å². The van der Waals surface area contributed by atoms with Crippen molar-refractivity contribution >= 4 is 10.0 Å². The van der Waals surface area contributed by atoms with Gasteiger partial charge in [-0.05, 0) is 37.3 Å². The summed E-state index contributed by atoms with van der Waals surface area (Å²) in [5, 5.41) is 8.89. The number of para-hydroxylation sites is 1. The molecule has 0 bridgehead atoms. The van der Waals surface area contributed by atoms with E-state index >= 15 is 0 Å². The Kier molecular flexibility index (Phi) is 4.32. The summed E-state index contributed by atoms with van der Waals surface area (Å²) in [5.41, 5.74) is -0.333. The number of alkyl halides is 3. The summed E-state index contributed by atoms with van der Waals surface area (Å²) in [6.45, 7) is 1.67. The lowest BCUT2D eigenvalue weighted by molar-refractivity contribution is -0.141. The van der Waals surface area contributed by atoms with Gasteiger partial charge in [0.05, 0.1) is 11.4 Å². The second kappa shape index (κ2) is 6.49. The fourth-order valence-electron chi connectivity index (χ4n) is 3.16. The van der Waals surface area contributed by atoms with Gasteiger partial charge in [-0.15, -0.1) is 0 Å². The van der Waals surface area contributed by atoms with Gasteiger partial charge in [-0.25, -0.2) is 18.2 Å². The zero-order chi connectivity index (χ0) is 21.0. The Balaban J connectivity index is 2.02. The van der Waals surface area contributed by atoms with Crippen molar-refractivity contribution < 1.29 is 31.1 Å².